The Morgan fingerprint density at radius 1 is 0.724 bits per heavy atom. The molecule has 0 bridgehead atoms. The van der Waals surface area contributed by atoms with Gasteiger partial charge in [0, 0.05) is 16.2 Å². The van der Waals surface area contributed by atoms with E-state index in [1.807, 2.05) is 55.3 Å². The highest BCUT2D eigenvalue weighted by Gasteiger charge is 2.31. The maximum atomic E-state index is 13.1. The minimum absolute atomic E-state index is 0.298. The second-order valence-corrected chi connectivity index (χ2v) is 9.18. The van der Waals surface area contributed by atoms with Gasteiger partial charge in [-0.2, -0.15) is 13.2 Å². The van der Waals surface area contributed by atoms with E-state index in [9.17, 15) is 13.2 Å². The first kappa shape index (κ1) is 20.4. The van der Waals surface area contributed by atoms with Crippen LogP contribution in [0, 0.1) is 31.3 Å². The van der Waals surface area contributed by atoms with Gasteiger partial charge in [-0.3, -0.25) is 0 Å². The number of hydrogen-bond acceptors (Lipinski definition) is 0. The molecule has 29 heavy (non-hydrogen) atoms. The van der Waals surface area contributed by atoms with E-state index in [0.717, 1.165) is 17.4 Å². The molecule has 3 aromatic rings. The predicted octanol–water partition coefficient (Wildman–Crippen LogP) is 6.82. The fourth-order valence-electron chi connectivity index (χ4n) is 3.25. The van der Waals surface area contributed by atoms with Gasteiger partial charge >= 0.3 is 6.18 Å². The molecular formula is C24H16ClF3P. The molecule has 1 saturated carbocycles. The van der Waals surface area contributed by atoms with Crippen LogP contribution in [0.1, 0.15) is 5.56 Å². The lowest BCUT2D eigenvalue weighted by Crippen LogP contribution is -2.16. The van der Waals surface area contributed by atoms with Crippen molar-refractivity contribution < 1.29 is 13.2 Å². The van der Waals surface area contributed by atoms with Crippen molar-refractivity contribution in [3.05, 3.63) is 115 Å². The van der Waals surface area contributed by atoms with Crippen LogP contribution in [0.2, 0.25) is 5.02 Å². The number of rotatable bonds is 4. The lowest BCUT2D eigenvalue weighted by molar-refractivity contribution is -0.137. The van der Waals surface area contributed by atoms with E-state index in [1.54, 1.807) is 0 Å². The van der Waals surface area contributed by atoms with E-state index in [1.165, 1.54) is 17.0 Å². The SMILES string of the molecule is FC(F)(F)c1ccc(Cl)c(-c2ccc(P([C]3[CH][CH][CH][CH]3)c3ccccc3)cc2)c1. The summed E-state index contributed by atoms with van der Waals surface area (Å²) in [7, 11) is -0.736. The van der Waals surface area contributed by atoms with E-state index in [2.05, 4.69) is 25.0 Å². The Morgan fingerprint density at radius 3 is 1.97 bits per heavy atom. The van der Waals surface area contributed by atoms with Gasteiger partial charge in [0.25, 0.3) is 0 Å². The highest BCUT2D eigenvalue weighted by molar-refractivity contribution is 7.76. The van der Waals surface area contributed by atoms with Crippen molar-refractivity contribution in [2.45, 2.75) is 6.18 Å². The molecule has 4 rings (SSSR count). The van der Waals surface area contributed by atoms with Crippen LogP contribution in [0.25, 0.3) is 11.1 Å². The normalized spacial score (nSPS) is 16.1. The molecule has 1 aliphatic carbocycles. The molecule has 1 unspecified atom stereocenters. The molecule has 0 amide bonds. The Morgan fingerprint density at radius 2 is 1.34 bits per heavy atom. The third kappa shape index (κ3) is 4.52. The quantitative estimate of drug-likeness (QED) is 0.401. The third-order valence-corrected chi connectivity index (χ3v) is 7.42. The molecule has 0 aliphatic heterocycles. The molecule has 5 heteroatoms. The molecule has 0 aromatic heterocycles. The first-order valence-corrected chi connectivity index (χ1v) is 10.7. The molecule has 1 fully saturated rings. The second-order valence-electron chi connectivity index (χ2n) is 6.55. The zero-order valence-electron chi connectivity index (χ0n) is 15.2. The van der Waals surface area contributed by atoms with Crippen LogP contribution in [0.3, 0.4) is 0 Å². The highest BCUT2D eigenvalue weighted by Crippen LogP contribution is 2.51. The average molecular weight is 428 g/mol. The van der Waals surface area contributed by atoms with E-state index in [4.69, 9.17) is 11.6 Å². The zero-order valence-corrected chi connectivity index (χ0v) is 16.8. The van der Waals surface area contributed by atoms with Crippen LogP contribution in [-0.4, -0.2) is 0 Å². The molecule has 0 heterocycles. The van der Waals surface area contributed by atoms with Crippen LogP contribution in [0.5, 0.6) is 0 Å². The largest absolute Gasteiger partial charge is 0.416 e. The van der Waals surface area contributed by atoms with Crippen LogP contribution in [0.4, 0.5) is 13.2 Å². The summed E-state index contributed by atoms with van der Waals surface area (Å²) in [5.74, 6) is 0. The van der Waals surface area contributed by atoms with Crippen molar-refractivity contribution in [3.63, 3.8) is 0 Å². The molecule has 145 valence electrons. The van der Waals surface area contributed by atoms with E-state index in [-0.39, 0.29) is 0 Å². The van der Waals surface area contributed by atoms with Crippen molar-refractivity contribution in [3.8, 4) is 11.1 Å². The number of hydrogen-bond donors (Lipinski definition) is 0. The number of benzene rings is 3. The summed E-state index contributed by atoms with van der Waals surface area (Å²) < 4.78 is 39.3. The molecule has 1 atom stereocenters. The molecular weight excluding hydrogens is 412 g/mol. The van der Waals surface area contributed by atoms with Gasteiger partial charge in [-0.15, -0.1) is 0 Å². The maximum absolute atomic E-state index is 13.1. The van der Waals surface area contributed by atoms with Gasteiger partial charge < -0.3 is 0 Å². The van der Waals surface area contributed by atoms with Gasteiger partial charge in [-0.05, 0) is 68.0 Å². The predicted molar refractivity (Wildman–Crippen MR) is 115 cm³/mol. The third-order valence-electron chi connectivity index (χ3n) is 4.65. The first-order valence-electron chi connectivity index (χ1n) is 8.97. The number of alkyl halides is 3. The first-order chi connectivity index (χ1) is 13.9. The summed E-state index contributed by atoms with van der Waals surface area (Å²) >= 11 is 6.20. The van der Waals surface area contributed by atoms with Gasteiger partial charge in [-0.25, -0.2) is 0 Å². The van der Waals surface area contributed by atoms with Crippen LogP contribution < -0.4 is 10.6 Å². The molecule has 0 saturated heterocycles. The summed E-state index contributed by atoms with van der Waals surface area (Å²) in [6.07, 6.45) is 3.85. The van der Waals surface area contributed by atoms with E-state index >= 15 is 0 Å². The molecule has 3 aromatic carbocycles. The summed E-state index contributed by atoms with van der Waals surface area (Å²) in [6.45, 7) is 0. The standard InChI is InChI=1S/C24H16ClF3P/c25-23-15-12-18(24(26,27)28)16-22(23)17-10-13-21(14-11-17)29(20-8-4-5-9-20)19-6-2-1-3-7-19/h1-16H. The molecule has 0 spiro atoms. The lowest BCUT2D eigenvalue weighted by Gasteiger charge is -2.24. The fraction of sp³-hybridized carbons (Fsp3) is 0.0417. The van der Waals surface area contributed by atoms with Gasteiger partial charge in [0.15, 0.2) is 0 Å². The Balaban J connectivity index is 1.70. The minimum atomic E-state index is -4.40. The number of halogens is 4. The molecule has 1 aliphatic rings. The minimum Gasteiger partial charge on any atom is -0.166 e. The Kier molecular flexibility index (Phi) is 5.99. The Hall–Kier alpha value is -1.83. The average Bonchev–Trinajstić information content (AvgIpc) is 3.23. The van der Waals surface area contributed by atoms with Crippen molar-refractivity contribution >= 4 is 30.1 Å². The van der Waals surface area contributed by atoms with Crippen molar-refractivity contribution in [2.24, 2.45) is 0 Å². The van der Waals surface area contributed by atoms with Crippen LogP contribution in [0.15, 0.2) is 72.8 Å². The van der Waals surface area contributed by atoms with Crippen LogP contribution >= 0.6 is 19.5 Å². The Bertz CT molecular complexity index is 962. The molecule has 5 radical (unpaired) electrons. The lowest BCUT2D eigenvalue weighted by atomic mass is 10.0. The summed E-state index contributed by atoms with van der Waals surface area (Å²) in [5, 5.41) is 2.65. The van der Waals surface area contributed by atoms with Crippen molar-refractivity contribution in [1.29, 1.82) is 0 Å². The summed E-state index contributed by atoms with van der Waals surface area (Å²) in [4.78, 5) is 0. The molecule has 0 nitrogen and oxygen atoms in total. The summed E-state index contributed by atoms with van der Waals surface area (Å²) in [5.41, 5.74) is 1.57. The second kappa shape index (κ2) is 8.50. The Labute approximate surface area is 175 Å². The zero-order chi connectivity index (χ0) is 20.4. The van der Waals surface area contributed by atoms with Crippen molar-refractivity contribution in [1.82, 2.24) is 0 Å². The van der Waals surface area contributed by atoms with Crippen molar-refractivity contribution in [2.75, 3.05) is 0 Å². The van der Waals surface area contributed by atoms with Gasteiger partial charge in [0.05, 0.1) is 5.56 Å². The van der Waals surface area contributed by atoms with Gasteiger partial charge in [-0.1, -0.05) is 66.2 Å². The van der Waals surface area contributed by atoms with E-state index in [0.29, 0.717) is 16.1 Å². The fourth-order valence-corrected chi connectivity index (χ4v) is 5.76. The smallest absolute Gasteiger partial charge is 0.166 e. The van der Waals surface area contributed by atoms with E-state index < -0.39 is 19.7 Å². The topological polar surface area (TPSA) is 0 Å². The molecule has 0 N–H and O–H groups in total. The maximum Gasteiger partial charge on any atom is 0.416 e. The van der Waals surface area contributed by atoms with Gasteiger partial charge in [0.2, 0.25) is 0 Å². The highest BCUT2D eigenvalue weighted by atomic mass is 35.5. The van der Waals surface area contributed by atoms with Crippen LogP contribution in [-0.2, 0) is 6.18 Å². The summed E-state index contributed by atoms with van der Waals surface area (Å²) in [6, 6.07) is 21.3. The van der Waals surface area contributed by atoms with Gasteiger partial charge in [0.1, 0.15) is 0 Å². The monoisotopic (exact) mass is 427 g/mol.